The Hall–Kier alpha value is -6.44. The second-order valence-electron chi connectivity index (χ2n) is 18.1. The molecule has 0 amide bonds. The number of fused-ring (bicyclic) bond motifs is 9. The van der Waals surface area contributed by atoms with E-state index >= 15 is 0 Å². The van der Waals surface area contributed by atoms with Gasteiger partial charge in [-0.3, -0.25) is 0 Å². The van der Waals surface area contributed by atoms with Crippen LogP contribution in [-0.4, -0.2) is 0 Å². The van der Waals surface area contributed by atoms with Crippen LogP contribution >= 0.6 is 0 Å². The summed E-state index contributed by atoms with van der Waals surface area (Å²) in [7, 11) is 0. The fourth-order valence-corrected chi connectivity index (χ4v) is 10.7. The Bertz CT molecular complexity index is 2950. The summed E-state index contributed by atoms with van der Waals surface area (Å²) in [4.78, 5) is 2.61. The molecule has 0 radical (unpaired) electrons. The molecule has 0 unspecified atom stereocenters. The lowest BCUT2D eigenvalue weighted by Crippen LogP contribution is -2.21. The monoisotopic (exact) mass is 745 g/mol. The van der Waals surface area contributed by atoms with Crippen molar-refractivity contribution in [3.8, 4) is 55.6 Å². The van der Waals surface area contributed by atoms with Crippen LogP contribution in [0, 0.1) is 0 Å². The van der Waals surface area contributed by atoms with Crippen LogP contribution in [0.2, 0.25) is 0 Å². The van der Waals surface area contributed by atoms with E-state index in [1.165, 1.54) is 100 Å². The van der Waals surface area contributed by atoms with E-state index in [0.29, 0.717) is 0 Å². The highest BCUT2D eigenvalue weighted by Gasteiger charge is 2.46. The van der Waals surface area contributed by atoms with E-state index in [2.05, 4.69) is 222 Å². The maximum atomic E-state index is 2.61. The summed E-state index contributed by atoms with van der Waals surface area (Å²) in [6.07, 6.45) is 0. The molecule has 0 bridgehead atoms. The second kappa shape index (κ2) is 12.3. The fraction of sp³-hybridized carbons (Fsp3) is 0.158. The Morgan fingerprint density at radius 1 is 0.293 bits per heavy atom. The highest BCUT2D eigenvalue weighted by Crippen LogP contribution is 2.63. The predicted octanol–water partition coefficient (Wildman–Crippen LogP) is 15.4. The molecule has 0 saturated carbocycles. The minimum Gasteiger partial charge on any atom is -0.309 e. The zero-order valence-corrected chi connectivity index (χ0v) is 34.2. The van der Waals surface area contributed by atoms with Crippen molar-refractivity contribution >= 4 is 17.1 Å². The number of hydrogen-bond donors (Lipinski definition) is 0. The molecule has 1 nitrogen and oxygen atoms in total. The Labute approximate surface area is 343 Å². The van der Waals surface area contributed by atoms with Crippen molar-refractivity contribution in [1.29, 1.82) is 0 Å². The summed E-state index contributed by atoms with van der Waals surface area (Å²) in [5.41, 5.74) is 24.3. The largest absolute Gasteiger partial charge is 0.309 e. The van der Waals surface area contributed by atoms with Gasteiger partial charge in [-0.15, -0.1) is 0 Å². The topological polar surface area (TPSA) is 3.24 Å². The van der Waals surface area contributed by atoms with E-state index in [1.807, 2.05) is 0 Å². The fourth-order valence-electron chi connectivity index (χ4n) is 10.7. The Kier molecular flexibility index (Phi) is 7.36. The van der Waals surface area contributed by atoms with Crippen molar-refractivity contribution in [3.63, 3.8) is 0 Å². The van der Waals surface area contributed by atoms with Gasteiger partial charge in [0, 0.05) is 38.7 Å². The third kappa shape index (κ3) is 4.83. The van der Waals surface area contributed by atoms with Gasteiger partial charge in [-0.05, 0) is 108 Å². The lowest BCUT2D eigenvalue weighted by molar-refractivity contribution is 0.639. The van der Waals surface area contributed by atoms with Gasteiger partial charge in [0.05, 0.1) is 5.69 Å². The molecule has 58 heavy (non-hydrogen) atoms. The van der Waals surface area contributed by atoms with Crippen LogP contribution in [0.1, 0.15) is 74.9 Å². The first-order chi connectivity index (χ1) is 28.0. The molecule has 11 rings (SSSR count). The summed E-state index contributed by atoms with van der Waals surface area (Å²) >= 11 is 0. The van der Waals surface area contributed by atoms with Crippen molar-refractivity contribution in [3.05, 3.63) is 209 Å². The van der Waals surface area contributed by atoms with E-state index in [-0.39, 0.29) is 16.2 Å². The van der Waals surface area contributed by atoms with Gasteiger partial charge in [0.25, 0.3) is 0 Å². The highest BCUT2D eigenvalue weighted by molar-refractivity contribution is 6.06. The molecule has 0 saturated heterocycles. The number of rotatable bonds is 5. The number of hydrogen-bond acceptors (Lipinski definition) is 1. The van der Waals surface area contributed by atoms with Crippen molar-refractivity contribution in [2.24, 2.45) is 0 Å². The molecule has 280 valence electrons. The summed E-state index contributed by atoms with van der Waals surface area (Å²) in [6, 6.07) is 66.0. The van der Waals surface area contributed by atoms with Gasteiger partial charge >= 0.3 is 0 Å². The van der Waals surface area contributed by atoms with E-state index in [0.717, 1.165) is 5.69 Å². The van der Waals surface area contributed by atoms with Crippen LogP contribution in [0.5, 0.6) is 0 Å². The summed E-state index contributed by atoms with van der Waals surface area (Å²) in [5.74, 6) is 0. The van der Waals surface area contributed by atoms with Crippen LogP contribution in [-0.2, 0) is 16.2 Å². The Morgan fingerprint density at radius 3 is 1.36 bits per heavy atom. The lowest BCUT2D eigenvalue weighted by Gasteiger charge is -2.33. The molecule has 1 heteroatoms. The molecule has 0 heterocycles. The van der Waals surface area contributed by atoms with Gasteiger partial charge in [0.15, 0.2) is 0 Å². The maximum absolute atomic E-state index is 2.61. The van der Waals surface area contributed by atoms with Gasteiger partial charge in [-0.1, -0.05) is 187 Å². The van der Waals surface area contributed by atoms with E-state index in [4.69, 9.17) is 0 Å². The second-order valence-corrected chi connectivity index (χ2v) is 18.1. The van der Waals surface area contributed by atoms with Crippen LogP contribution in [0.4, 0.5) is 17.1 Å². The number of nitrogens with zero attached hydrogens (tertiary/aromatic N) is 1. The molecule has 8 aromatic carbocycles. The van der Waals surface area contributed by atoms with Crippen molar-refractivity contribution < 1.29 is 0 Å². The number of benzene rings is 8. The summed E-state index contributed by atoms with van der Waals surface area (Å²) in [5, 5.41) is 0. The van der Waals surface area contributed by atoms with E-state index < -0.39 is 0 Å². The molecule has 0 spiro atoms. The van der Waals surface area contributed by atoms with Crippen molar-refractivity contribution in [2.45, 2.75) is 57.8 Å². The normalized spacial score (nSPS) is 15.5. The van der Waals surface area contributed by atoms with Crippen molar-refractivity contribution in [1.82, 2.24) is 0 Å². The minimum absolute atomic E-state index is 0.137. The molecular formula is C57H47N. The summed E-state index contributed by atoms with van der Waals surface area (Å²) < 4.78 is 0. The quantitative estimate of drug-likeness (QED) is 0.170. The molecule has 0 fully saturated rings. The highest BCUT2D eigenvalue weighted by atomic mass is 15.1. The van der Waals surface area contributed by atoms with Crippen LogP contribution in [0.25, 0.3) is 55.6 Å². The standard InChI is InChI=1S/C57H47N/c1-55(2)46-23-15-13-21-42(46)43-32-30-41(34-49(43)55)58(40-28-25-38(26-29-40)36-17-9-7-10-18-36)54-52-44-22-14-16-24-47(44)56(3,4)50(52)35-51-53(54)45-31-27-39(33-48(45)57(51,5)6)37-19-11-8-12-20-37/h7-35H,1-6H3. The minimum atomic E-state index is -0.228. The van der Waals surface area contributed by atoms with Gasteiger partial charge in [0.2, 0.25) is 0 Å². The average Bonchev–Trinajstić information content (AvgIpc) is 3.74. The molecule has 0 atom stereocenters. The molecule has 0 N–H and O–H groups in total. The van der Waals surface area contributed by atoms with Crippen LogP contribution in [0.3, 0.4) is 0 Å². The van der Waals surface area contributed by atoms with Gasteiger partial charge in [-0.2, -0.15) is 0 Å². The molecule has 8 aromatic rings. The zero-order valence-electron chi connectivity index (χ0n) is 34.2. The van der Waals surface area contributed by atoms with E-state index in [9.17, 15) is 0 Å². The maximum Gasteiger partial charge on any atom is 0.0624 e. The third-order valence-electron chi connectivity index (χ3n) is 13.9. The van der Waals surface area contributed by atoms with Crippen molar-refractivity contribution in [2.75, 3.05) is 4.90 Å². The van der Waals surface area contributed by atoms with Crippen LogP contribution < -0.4 is 4.90 Å². The smallest absolute Gasteiger partial charge is 0.0624 e. The molecule has 3 aliphatic rings. The molecule has 3 aliphatic carbocycles. The lowest BCUT2D eigenvalue weighted by atomic mass is 9.77. The molecular weight excluding hydrogens is 699 g/mol. The summed E-state index contributed by atoms with van der Waals surface area (Å²) in [6.45, 7) is 14.5. The third-order valence-corrected chi connectivity index (χ3v) is 13.9. The first-order valence-electron chi connectivity index (χ1n) is 20.8. The van der Waals surface area contributed by atoms with Gasteiger partial charge in [0.1, 0.15) is 0 Å². The predicted molar refractivity (Wildman–Crippen MR) is 245 cm³/mol. The van der Waals surface area contributed by atoms with Crippen LogP contribution in [0.15, 0.2) is 176 Å². The van der Waals surface area contributed by atoms with Gasteiger partial charge in [-0.25, -0.2) is 0 Å². The van der Waals surface area contributed by atoms with E-state index in [1.54, 1.807) is 0 Å². The zero-order chi connectivity index (χ0) is 39.6. The Balaban J connectivity index is 1.23. The first-order valence-corrected chi connectivity index (χ1v) is 20.8. The molecule has 0 aliphatic heterocycles. The number of anilines is 3. The average molecular weight is 746 g/mol. The molecule has 0 aromatic heterocycles. The van der Waals surface area contributed by atoms with Gasteiger partial charge < -0.3 is 4.90 Å². The Morgan fingerprint density at radius 2 is 0.707 bits per heavy atom. The first kappa shape index (κ1) is 34.8. The SMILES string of the molecule is CC1(C)c2ccccc2-c2ccc(N(c3ccc(-c4ccccc4)cc3)c3c4c(cc5c3-c3ccc(-c6ccccc6)cc3C5(C)C)C(C)(C)c3ccccc3-4)cc21.